The summed E-state index contributed by atoms with van der Waals surface area (Å²) in [6.07, 6.45) is 3.95. The van der Waals surface area contributed by atoms with Crippen LogP contribution in [0.5, 0.6) is 11.5 Å². The molecule has 0 heterocycles. The van der Waals surface area contributed by atoms with Gasteiger partial charge in [0.05, 0.1) is 24.7 Å². The van der Waals surface area contributed by atoms with E-state index in [0.717, 1.165) is 37.0 Å². The predicted molar refractivity (Wildman–Crippen MR) is 126 cm³/mol. The smallest absolute Gasteiger partial charge is 0.255 e. The minimum atomic E-state index is -2.63. The average molecular weight is 478 g/mol. The quantitative estimate of drug-likeness (QED) is 0.330. The van der Waals surface area contributed by atoms with Crippen LogP contribution in [0.3, 0.4) is 0 Å². The minimum absolute atomic E-state index is 0.0579. The highest BCUT2D eigenvalue weighted by Gasteiger charge is 2.57. The number of carbonyl (C=O) groups excluding carboxylic acids is 1. The number of ether oxygens (including phenoxy) is 2. The van der Waals surface area contributed by atoms with Gasteiger partial charge < -0.3 is 14.8 Å². The third kappa shape index (κ3) is 7.67. The number of hydrogen-bond donors (Lipinski definition) is 1. The van der Waals surface area contributed by atoms with Gasteiger partial charge in [0, 0.05) is 19.4 Å². The lowest BCUT2D eigenvalue weighted by molar-refractivity contribution is -0.119. The van der Waals surface area contributed by atoms with Gasteiger partial charge >= 0.3 is 0 Å². The van der Waals surface area contributed by atoms with Crippen molar-refractivity contribution in [3.05, 3.63) is 59.4 Å². The zero-order chi connectivity index (χ0) is 24.7. The molecule has 3 unspecified atom stereocenters. The lowest BCUT2D eigenvalue weighted by Gasteiger charge is -2.19. The van der Waals surface area contributed by atoms with E-state index < -0.39 is 11.8 Å². The summed E-state index contributed by atoms with van der Waals surface area (Å²) >= 11 is 0. The van der Waals surface area contributed by atoms with Gasteiger partial charge in [-0.3, -0.25) is 4.79 Å². The molecular weight excluding hydrogens is 443 g/mol. The Kier molecular flexibility index (Phi) is 8.86. The molecule has 3 rings (SSSR count). The number of aryl methyl sites for hydroxylation is 1. The molecule has 0 saturated heterocycles. The third-order valence-electron chi connectivity index (χ3n) is 6.21. The largest absolute Gasteiger partial charge is 0.493 e. The van der Waals surface area contributed by atoms with Crippen LogP contribution in [-0.4, -0.2) is 24.5 Å². The van der Waals surface area contributed by atoms with Gasteiger partial charge in [0.25, 0.3) is 5.92 Å². The SMILES string of the molecule is CCC(CCCCc1ccc(OCC2CC2(F)F)cc1F)Oc1ccc(C(C)NC(C)=O)cc1. The second-order valence-corrected chi connectivity index (χ2v) is 9.11. The number of carbonyl (C=O) groups is 1. The first-order chi connectivity index (χ1) is 16.2. The van der Waals surface area contributed by atoms with Crippen molar-refractivity contribution in [1.29, 1.82) is 0 Å². The zero-order valence-electron chi connectivity index (χ0n) is 20.1. The van der Waals surface area contributed by atoms with Crippen molar-refractivity contribution in [2.75, 3.05) is 6.61 Å². The number of hydrogen-bond acceptors (Lipinski definition) is 3. The van der Waals surface area contributed by atoms with Crippen molar-refractivity contribution in [1.82, 2.24) is 5.32 Å². The molecule has 0 spiro atoms. The van der Waals surface area contributed by atoms with E-state index in [4.69, 9.17) is 9.47 Å². The van der Waals surface area contributed by atoms with Gasteiger partial charge in [-0.2, -0.15) is 0 Å². The van der Waals surface area contributed by atoms with E-state index in [-0.39, 0.29) is 36.9 Å². The molecule has 0 aromatic heterocycles. The Morgan fingerprint density at radius 1 is 1.15 bits per heavy atom. The number of unbranched alkanes of at least 4 members (excludes halogenated alkanes) is 1. The first kappa shape index (κ1) is 25.9. The highest BCUT2D eigenvalue weighted by atomic mass is 19.3. The molecule has 0 radical (unpaired) electrons. The van der Waals surface area contributed by atoms with Crippen LogP contribution in [0, 0.1) is 11.7 Å². The maximum Gasteiger partial charge on any atom is 0.255 e. The molecule has 4 nitrogen and oxygen atoms in total. The topological polar surface area (TPSA) is 47.6 Å². The fraction of sp³-hybridized carbons (Fsp3) is 0.519. The maximum absolute atomic E-state index is 14.4. The summed E-state index contributed by atoms with van der Waals surface area (Å²) in [5.41, 5.74) is 1.61. The van der Waals surface area contributed by atoms with E-state index in [1.54, 1.807) is 12.1 Å². The molecule has 0 bridgehead atoms. The molecule has 3 atom stereocenters. The molecule has 1 amide bonds. The summed E-state index contributed by atoms with van der Waals surface area (Å²) in [5, 5.41) is 2.86. The fourth-order valence-electron chi connectivity index (χ4n) is 3.92. The molecule has 0 aliphatic heterocycles. The monoisotopic (exact) mass is 477 g/mol. The van der Waals surface area contributed by atoms with E-state index in [2.05, 4.69) is 12.2 Å². The number of nitrogens with one attached hydrogen (secondary N) is 1. The van der Waals surface area contributed by atoms with Crippen LogP contribution >= 0.6 is 0 Å². The van der Waals surface area contributed by atoms with E-state index in [9.17, 15) is 18.0 Å². The van der Waals surface area contributed by atoms with E-state index in [1.165, 1.54) is 13.0 Å². The Labute approximate surface area is 199 Å². The van der Waals surface area contributed by atoms with Gasteiger partial charge in [-0.15, -0.1) is 0 Å². The van der Waals surface area contributed by atoms with E-state index in [0.29, 0.717) is 17.7 Å². The summed E-state index contributed by atoms with van der Waals surface area (Å²) in [6, 6.07) is 12.3. The Morgan fingerprint density at radius 3 is 2.41 bits per heavy atom. The number of alkyl halides is 2. The molecule has 1 aliphatic carbocycles. The van der Waals surface area contributed by atoms with Gasteiger partial charge in [0.1, 0.15) is 17.3 Å². The standard InChI is InChI=1S/C27H34F3NO3/c1-4-23(34-24-12-9-20(10-13-24)18(2)31-19(3)32)8-6-5-7-21-11-14-25(15-26(21)28)33-17-22-16-27(22,29)30/h9-15,18,22-23H,4-8,16-17H2,1-3H3,(H,31,32). The third-order valence-corrected chi connectivity index (χ3v) is 6.21. The Morgan fingerprint density at radius 2 is 1.82 bits per heavy atom. The van der Waals surface area contributed by atoms with Gasteiger partial charge in [-0.1, -0.05) is 25.1 Å². The van der Waals surface area contributed by atoms with Crippen molar-refractivity contribution >= 4 is 5.91 Å². The second kappa shape index (κ2) is 11.6. The number of benzene rings is 2. The summed E-state index contributed by atoms with van der Waals surface area (Å²) in [7, 11) is 0. The van der Waals surface area contributed by atoms with Crippen LogP contribution in [0.1, 0.15) is 70.0 Å². The van der Waals surface area contributed by atoms with Crippen LogP contribution in [0.15, 0.2) is 42.5 Å². The normalized spacial score (nSPS) is 18.1. The van der Waals surface area contributed by atoms with Crippen LogP contribution in [0.2, 0.25) is 0 Å². The van der Waals surface area contributed by atoms with E-state index in [1.807, 2.05) is 31.2 Å². The second-order valence-electron chi connectivity index (χ2n) is 9.11. The molecule has 186 valence electrons. The maximum atomic E-state index is 14.4. The minimum Gasteiger partial charge on any atom is -0.493 e. The molecule has 1 fully saturated rings. The van der Waals surface area contributed by atoms with Gasteiger partial charge in [-0.05, 0) is 68.4 Å². The highest BCUT2D eigenvalue weighted by Crippen LogP contribution is 2.48. The van der Waals surface area contributed by atoms with Crippen molar-refractivity contribution < 1.29 is 27.4 Å². The lowest BCUT2D eigenvalue weighted by Crippen LogP contribution is -2.23. The molecule has 1 N–H and O–H groups in total. The first-order valence-electron chi connectivity index (χ1n) is 12.0. The van der Waals surface area contributed by atoms with Crippen LogP contribution < -0.4 is 14.8 Å². The lowest BCUT2D eigenvalue weighted by atomic mass is 10.0. The van der Waals surface area contributed by atoms with Crippen molar-refractivity contribution in [3.8, 4) is 11.5 Å². The number of rotatable bonds is 13. The Bertz CT molecular complexity index is 949. The number of halogens is 3. The zero-order valence-corrected chi connectivity index (χ0v) is 20.1. The van der Waals surface area contributed by atoms with Gasteiger partial charge in [-0.25, -0.2) is 13.2 Å². The molecule has 2 aromatic carbocycles. The van der Waals surface area contributed by atoms with Crippen molar-refractivity contribution in [3.63, 3.8) is 0 Å². The first-order valence-corrected chi connectivity index (χ1v) is 12.0. The Hall–Kier alpha value is -2.70. The van der Waals surface area contributed by atoms with Crippen molar-refractivity contribution in [2.24, 2.45) is 5.92 Å². The van der Waals surface area contributed by atoms with Crippen molar-refractivity contribution in [2.45, 2.75) is 77.4 Å². The van der Waals surface area contributed by atoms with Crippen LogP contribution in [-0.2, 0) is 11.2 Å². The molecule has 2 aromatic rings. The highest BCUT2D eigenvalue weighted by molar-refractivity contribution is 5.73. The molecule has 7 heteroatoms. The number of amides is 1. The summed E-state index contributed by atoms with van der Waals surface area (Å²) < 4.78 is 51.6. The predicted octanol–water partition coefficient (Wildman–Crippen LogP) is 6.63. The summed E-state index contributed by atoms with van der Waals surface area (Å²) in [6.45, 7) is 5.43. The van der Waals surface area contributed by atoms with Gasteiger partial charge in [0.15, 0.2) is 0 Å². The fourth-order valence-corrected chi connectivity index (χ4v) is 3.92. The molecule has 1 saturated carbocycles. The summed E-state index contributed by atoms with van der Waals surface area (Å²) in [4.78, 5) is 11.2. The molecule has 34 heavy (non-hydrogen) atoms. The molecular formula is C27H34F3NO3. The van der Waals surface area contributed by atoms with Crippen LogP contribution in [0.4, 0.5) is 13.2 Å². The van der Waals surface area contributed by atoms with Crippen LogP contribution in [0.25, 0.3) is 0 Å². The van der Waals surface area contributed by atoms with Gasteiger partial charge in [0.2, 0.25) is 5.91 Å². The molecule has 1 aliphatic rings. The Balaban J connectivity index is 1.39. The average Bonchev–Trinajstić information content (AvgIpc) is 3.41. The van der Waals surface area contributed by atoms with E-state index >= 15 is 0 Å². The summed E-state index contributed by atoms with van der Waals surface area (Å²) in [5.74, 6) is -2.74.